The van der Waals surface area contributed by atoms with Gasteiger partial charge < -0.3 is 9.84 Å². The van der Waals surface area contributed by atoms with E-state index in [2.05, 4.69) is 30.3 Å². The van der Waals surface area contributed by atoms with Crippen LogP contribution in [0, 0.1) is 0 Å². The fourth-order valence-electron chi connectivity index (χ4n) is 2.25. The number of hydrogen-bond donors (Lipinski definition) is 1. The number of aliphatic hydroxyl groups excluding tert-OH is 1. The molecule has 0 saturated carbocycles. The van der Waals surface area contributed by atoms with Crippen LogP contribution in [0.1, 0.15) is 12.5 Å². The van der Waals surface area contributed by atoms with Crippen LogP contribution < -0.4 is 4.74 Å². The molecule has 0 unspecified atom stereocenters. The van der Waals surface area contributed by atoms with Gasteiger partial charge in [0, 0.05) is 15.1 Å². The Balaban J connectivity index is 2.06. The molecule has 3 aromatic rings. The number of rotatable bonds is 4. The van der Waals surface area contributed by atoms with Crippen molar-refractivity contribution in [3.8, 4) is 16.2 Å². The highest BCUT2D eigenvalue weighted by Gasteiger charge is 2.08. The molecule has 20 heavy (non-hydrogen) atoms. The summed E-state index contributed by atoms with van der Waals surface area (Å²) in [5.41, 5.74) is 1.96. The second kappa shape index (κ2) is 5.65. The summed E-state index contributed by atoms with van der Waals surface area (Å²) in [6.45, 7) is 2.55. The van der Waals surface area contributed by atoms with Gasteiger partial charge in [-0.15, -0.1) is 11.3 Å². The van der Waals surface area contributed by atoms with Crippen molar-refractivity contribution in [1.29, 1.82) is 0 Å². The molecule has 3 heteroatoms. The van der Waals surface area contributed by atoms with Crippen molar-refractivity contribution in [2.75, 3.05) is 6.61 Å². The Kier molecular flexibility index (Phi) is 3.72. The summed E-state index contributed by atoms with van der Waals surface area (Å²) in [6.07, 6.45) is 0. The highest BCUT2D eigenvalue weighted by molar-refractivity contribution is 7.22. The first-order chi connectivity index (χ1) is 9.81. The lowest BCUT2D eigenvalue weighted by Gasteiger charge is -2.09. The Morgan fingerprint density at radius 3 is 2.70 bits per heavy atom. The molecule has 2 aromatic carbocycles. The van der Waals surface area contributed by atoms with E-state index >= 15 is 0 Å². The highest BCUT2D eigenvalue weighted by Crippen LogP contribution is 2.35. The Hall–Kier alpha value is -1.84. The quantitative estimate of drug-likeness (QED) is 0.766. The Morgan fingerprint density at radius 2 is 1.95 bits per heavy atom. The van der Waals surface area contributed by atoms with Crippen molar-refractivity contribution in [2.45, 2.75) is 13.5 Å². The van der Waals surface area contributed by atoms with E-state index in [1.165, 1.54) is 15.0 Å². The molecular formula is C17H16O2S. The average molecular weight is 284 g/mol. The van der Waals surface area contributed by atoms with Gasteiger partial charge in [0.1, 0.15) is 5.75 Å². The molecule has 0 fully saturated rings. The minimum Gasteiger partial charge on any atom is -0.493 e. The van der Waals surface area contributed by atoms with Crippen molar-refractivity contribution in [3.63, 3.8) is 0 Å². The van der Waals surface area contributed by atoms with E-state index in [9.17, 15) is 5.11 Å². The van der Waals surface area contributed by atoms with Gasteiger partial charge in [-0.3, -0.25) is 0 Å². The third-order valence-corrected chi connectivity index (χ3v) is 4.41. The number of benzene rings is 2. The first-order valence-electron chi connectivity index (χ1n) is 6.67. The smallest absolute Gasteiger partial charge is 0.125 e. The Morgan fingerprint density at radius 1 is 1.10 bits per heavy atom. The monoisotopic (exact) mass is 284 g/mol. The number of aliphatic hydroxyl groups is 1. The first-order valence-corrected chi connectivity index (χ1v) is 7.49. The second-order valence-electron chi connectivity index (χ2n) is 4.56. The summed E-state index contributed by atoms with van der Waals surface area (Å²) in [5, 5.41) is 10.6. The van der Waals surface area contributed by atoms with Crippen LogP contribution in [0.3, 0.4) is 0 Å². The van der Waals surface area contributed by atoms with Gasteiger partial charge in [0.2, 0.25) is 0 Å². The van der Waals surface area contributed by atoms with Crippen LogP contribution in [0.2, 0.25) is 0 Å². The molecule has 0 aliphatic rings. The summed E-state index contributed by atoms with van der Waals surface area (Å²) in [6, 6.07) is 16.6. The van der Waals surface area contributed by atoms with E-state index in [0.29, 0.717) is 6.61 Å². The Bertz CT molecular complexity index is 698. The summed E-state index contributed by atoms with van der Waals surface area (Å²) in [4.78, 5) is 1.22. The highest BCUT2D eigenvalue weighted by atomic mass is 32.1. The van der Waals surface area contributed by atoms with Crippen molar-refractivity contribution >= 4 is 21.4 Å². The average Bonchev–Trinajstić information content (AvgIpc) is 2.91. The van der Waals surface area contributed by atoms with Gasteiger partial charge in [-0.2, -0.15) is 0 Å². The molecule has 2 nitrogen and oxygen atoms in total. The summed E-state index contributed by atoms with van der Waals surface area (Å²) >= 11 is 1.77. The molecule has 1 aromatic heterocycles. The zero-order chi connectivity index (χ0) is 13.9. The van der Waals surface area contributed by atoms with Crippen molar-refractivity contribution < 1.29 is 9.84 Å². The molecule has 1 heterocycles. The van der Waals surface area contributed by atoms with Crippen LogP contribution in [0.5, 0.6) is 5.75 Å². The van der Waals surface area contributed by atoms with Crippen LogP contribution in [-0.4, -0.2) is 11.7 Å². The van der Waals surface area contributed by atoms with Crippen molar-refractivity contribution in [2.24, 2.45) is 0 Å². The zero-order valence-corrected chi connectivity index (χ0v) is 12.1. The van der Waals surface area contributed by atoms with Gasteiger partial charge in [-0.1, -0.05) is 30.3 Å². The predicted molar refractivity (Wildman–Crippen MR) is 84.4 cm³/mol. The van der Waals surface area contributed by atoms with Gasteiger partial charge in [0.25, 0.3) is 0 Å². The van der Waals surface area contributed by atoms with Crippen LogP contribution in [-0.2, 0) is 6.61 Å². The molecule has 0 aliphatic heterocycles. The van der Waals surface area contributed by atoms with Crippen LogP contribution in [0.15, 0.2) is 48.5 Å². The summed E-state index contributed by atoms with van der Waals surface area (Å²) in [7, 11) is 0. The first kappa shape index (κ1) is 13.2. The maximum Gasteiger partial charge on any atom is 0.125 e. The SMILES string of the molecule is CCOc1cc(-c2cc3ccccc3s2)ccc1CO. The van der Waals surface area contributed by atoms with E-state index < -0.39 is 0 Å². The van der Waals surface area contributed by atoms with Crippen LogP contribution in [0.25, 0.3) is 20.5 Å². The topological polar surface area (TPSA) is 29.5 Å². The van der Waals surface area contributed by atoms with Gasteiger partial charge >= 0.3 is 0 Å². The zero-order valence-electron chi connectivity index (χ0n) is 11.3. The molecule has 0 aliphatic carbocycles. The molecule has 3 rings (SSSR count). The minimum absolute atomic E-state index is 0.00201. The fraction of sp³-hybridized carbons (Fsp3) is 0.176. The van der Waals surface area contributed by atoms with E-state index in [-0.39, 0.29) is 6.61 Å². The largest absolute Gasteiger partial charge is 0.493 e. The van der Waals surface area contributed by atoms with Gasteiger partial charge in [-0.05, 0) is 36.1 Å². The summed E-state index contributed by atoms with van der Waals surface area (Å²) in [5.74, 6) is 0.768. The van der Waals surface area contributed by atoms with Crippen LogP contribution in [0.4, 0.5) is 0 Å². The molecule has 0 spiro atoms. The predicted octanol–water partition coefficient (Wildman–Crippen LogP) is 4.46. The minimum atomic E-state index is 0.00201. The summed E-state index contributed by atoms with van der Waals surface area (Å²) < 4.78 is 6.89. The van der Waals surface area contributed by atoms with Gasteiger partial charge in [0.15, 0.2) is 0 Å². The maximum atomic E-state index is 9.34. The van der Waals surface area contributed by atoms with E-state index in [1.807, 2.05) is 25.1 Å². The molecule has 0 atom stereocenters. The molecule has 0 amide bonds. The standard InChI is InChI=1S/C17H16O2S/c1-2-19-15-9-13(7-8-14(15)11-18)17-10-12-5-3-4-6-16(12)20-17/h3-10,18H,2,11H2,1H3. The lowest BCUT2D eigenvalue weighted by atomic mass is 10.1. The molecule has 1 N–H and O–H groups in total. The molecule has 0 saturated heterocycles. The van der Waals surface area contributed by atoms with Crippen molar-refractivity contribution in [1.82, 2.24) is 0 Å². The molecular weight excluding hydrogens is 268 g/mol. The lowest BCUT2D eigenvalue weighted by molar-refractivity contribution is 0.267. The molecule has 102 valence electrons. The molecule has 0 bridgehead atoms. The number of ether oxygens (including phenoxy) is 1. The number of thiophene rings is 1. The van der Waals surface area contributed by atoms with E-state index in [0.717, 1.165) is 16.9 Å². The van der Waals surface area contributed by atoms with Crippen LogP contribution >= 0.6 is 11.3 Å². The van der Waals surface area contributed by atoms with E-state index in [1.54, 1.807) is 11.3 Å². The van der Waals surface area contributed by atoms with Gasteiger partial charge in [-0.25, -0.2) is 0 Å². The third kappa shape index (κ3) is 2.42. The number of fused-ring (bicyclic) bond motifs is 1. The Labute approximate surface area is 122 Å². The van der Waals surface area contributed by atoms with Crippen molar-refractivity contribution in [3.05, 3.63) is 54.1 Å². The van der Waals surface area contributed by atoms with Gasteiger partial charge in [0.05, 0.1) is 13.2 Å². The molecule has 0 radical (unpaired) electrons. The third-order valence-electron chi connectivity index (χ3n) is 3.25. The van der Waals surface area contributed by atoms with E-state index in [4.69, 9.17) is 4.74 Å². The number of hydrogen-bond acceptors (Lipinski definition) is 3. The lowest BCUT2D eigenvalue weighted by Crippen LogP contribution is -1.96. The fourth-order valence-corrected chi connectivity index (χ4v) is 3.31. The normalized spacial score (nSPS) is 10.9. The maximum absolute atomic E-state index is 9.34. The second-order valence-corrected chi connectivity index (χ2v) is 5.65.